The third-order valence-corrected chi connectivity index (χ3v) is 3.82. The van der Waals surface area contributed by atoms with E-state index >= 15 is 0 Å². The molecular weight excluding hydrogens is 316 g/mol. The summed E-state index contributed by atoms with van der Waals surface area (Å²) in [7, 11) is 0. The number of hydrogen-bond acceptors (Lipinski definition) is 4. The van der Waals surface area contributed by atoms with Crippen molar-refractivity contribution in [3.05, 3.63) is 76.1 Å². The van der Waals surface area contributed by atoms with Gasteiger partial charge in [0.2, 0.25) is 0 Å². The van der Waals surface area contributed by atoms with Gasteiger partial charge in [0.25, 0.3) is 0 Å². The zero-order valence-corrected chi connectivity index (χ0v) is 13.7. The van der Waals surface area contributed by atoms with Crippen molar-refractivity contribution < 1.29 is 14.3 Å². The van der Waals surface area contributed by atoms with Crippen LogP contribution < -0.4 is 5.63 Å². The second kappa shape index (κ2) is 7.06. The molecule has 4 heteroatoms. The molecule has 1 unspecified atom stereocenters. The van der Waals surface area contributed by atoms with Crippen molar-refractivity contribution >= 4 is 16.8 Å². The third-order valence-electron chi connectivity index (χ3n) is 3.82. The predicted octanol–water partition coefficient (Wildman–Crippen LogP) is 3.61. The van der Waals surface area contributed by atoms with Crippen LogP contribution in [-0.4, -0.2) is 10.9 Å². The number of hydrogen-bond donors (Lipinski definition) is 1. The first kappa shape index (κ1) is 16.5. The number of carbonyl (C=O) groups is 1. The Bertz CT molecular complexity index is 1040. The number of Topliss-reactive ketones (excluding diaryl/α,β-unsaturated/α-hetero) is 1. The van der Waals surface area contributed by atoms with E-state index in [0.717, 1.165) is 5.56 Å². The molecule has 0 amide bonds. The summed E-state index contributed by atoms with van der Waals surface area (Å²) in [5.41, 5.74) is 0.411. The predicted molar refractivity (Wildman–Crippen MR) is 95.5 cm³/mol. The summed E-state index contributed by atoms with van der Waals surface area (Å²) in [6, 6.07) is 16.0. The Morgan fingerprint density at radius 1 is 1.12 bits per heavy atom. The minimum Gasteiger partial charge on any atom is -0.507 e. The van der Waals surface area contributed by atoms with Gasteiger partial charge in [0.15, 0.2) is 0 Å². The summed E-state index contributed by atoms with van der Waals surface area (Å²) in [6.07, 6.45) is 0.0243. The van der Waals surface area contributed by atoms with Crippen LogP contribution >= 0.6 is 0 Å². The van der Waals surface area contributed by atoms with Gasteiger partial charge in [-0.3, -0.25) is 4.79 Å². The molecule has 0 aliphatic heterocycles. The number of benzene rings is 2. The van der Waals surface area contributed by atoms with Crippen molar-refractivity contribution in [1.29, 1.82) is 0 Å². The average molecular weight is 332 g/mol. The minimum atomic E-state index is -0.737. The molecule has 3 rings (SSSR count). The first-order valence-electron chi connectivity index (χ1n) is 7.87. The Hall–Kier alpha value is -3.32. The van der Waals surface area contributed by atoms with E-state index in [2.05, 4.69) is 11.8 Å². The molecule has 0 saturated carbocycles. The maximum Gasteiger partial charge on any atom is 0.344 e. The first-order valence-corrected chi connectivity index (χ1v) is 7.87. The van der Waals surface area contributed by atoms with Crippen LogP contribution in [0.3, 0.4) is 0 Å². The van der Waals surface area contributed by atoms with Gasteiger partial charge in [0.05, 0.1) is 16.9 Å². The van der Waals surface area contributed by atoms with Crippen LogP contribution in [0.5, 0.6) is 5.75 Å². The Labute approximate surface area is 144 Å². The van der Waals surface area contributed by atoms with Crippen LogP contribution in [0, 0.1) is 11.8 Å². The Balaban J connectivity index is 2.14. The van der Waals surface area contributed by atoms with E-state index in [4.69, 9.17) is 4.42 Å². The molecule has 0 fully saturated rings. The minimum absolute atomic E-state index is 0.0243. The summed E-state index contributed by atoms with van der Waals surface area (Å²) in [4.78, 5) is 24.0. The molecule has 1 atom stereocenters. The second-order valence-corrected chi connectivity index (χ2v) is 5.74. The lowest BCUT2D eigenvalue weighted by atomic mass is 9.93. The van der Waals surface area contributed by atoms with Gasteiger partial charge in [-0.15, -0.1) is 0 Å². The monoisotopic (exact) mass is 332 g/mol. The van der Waals surface area contributed by atoms with Gasteiger partial charge < -0.3 is 9.52 Å². The molecule has 1 heterocycles. The van der Waals surface area contributed by atoms with Crippen molar-refractivity contribution in [2.75, 3.05) is 0 Å². The maximum atomic E-state index is 12.4. The molecule has 3 aromatic rings. The van der Waals surface area contributed by atoms with E-state index in [0.29, 0.717) is 11.0 Å². The first-order chi connectivity index (χ1) is 12.1. The van der Waals surface area contributed by atoms with Gasteiger partial charge in [-0.1, -0.05) is 42.2 Å². The smallest absolute Gasteiger partial charge is 0.344 e. The normalized spacial score (nSPS) is 11.6. The van der Waals surface area contributed by atoms with E-state index in [1.165, 1.54) is 6.92 Å². The van der Waals surface area contributed by atoms with Crippen LogP contribution in [0.25, 0.3) is 11.0 Å². The number of ketones is 1. The highest BCUT2D eigenvalue weighted by molar-refractivity contribution is 5.85. The molecule has 0 radical (unpaired) electrons. The molecule has 0 bridgehead atoms. The van der Waals surface area contributed by atoms with Crippen molar-refractivity contribution in [1.82, 2.24) is 0 Å². The van der Waals surface area contributed by atoms with Crippen LogP contribution in [0.2, 0.25) is 0 Å². The number of carbonyl (C=O) groups excluding carboxylic acids is 1. The Morgan fingerprint density at radius 2 is 1.80 bits per heavy atom. The third kappa shape index (κ3) is 3.61. The van der Waals surface area contributed by atoms with Crippen LogP contribution in [0.4, 0.5) is 0 Å². The average Bonchev–Trinajstić information content (AvgIpc) is 2.60. The molecule has 0 aliphatic rings. The number of fused-ring (bicyclic) bond motifs is 1. The molecule has 25 heavy (non-hydrogen) atoms. The van der Waals surface area contributed by atoms with Crippen molar-refractivity contribution in [2.24, 2.45) is 0 Å². The largest absolute Gasteiger partial charge is 0.507 e. The molecule has 0 aliphatic carbocycles. The lowest BCUT2D eigenvalue weighted by molar-refractivity contribution is -0.117. The van der Waals surface area contributed by atoms with Gasteiger partial charge in [-0.05, 0) is 31.2 Å². The van der Waals surface area contributed by atoms with Gasteiger partial charge >= 0.3 is 5.63 Å². The number of aromatic hydroxyl groups is 1. The van der Waals surface area contributed by atoms with Crippen molar-refractivity contribution in [3.8, 4) is 17.6 Å². The van der Waals surface area contributed by atoms with Gasteiger partial charge in [-0.25, -0.2) is 4.79 Å². The molecule has 1 aromatic heterocycles. The standard InChI is InChI=1S/C21H16O4/c1-14(22)13-16(12-11-15-7-3-2-4-8-15)19-20(23)17-9-5-6-10-18(17)25-21(19)24/h2-10,16,23H,13H2,1H3. The summed E-state index contributed by atoms with van der Waals surface area (Å²) < 4.78 is 5.29. The van der Waals surface area contributed by atoms with Gasteiger partial charge in [0.1, 0.15) is 17.1 Å². The number of rotatable bonds is 3. The molecule has 124 valence electrons. The highest BCUT2D eigenvalue weighted by atomic mass is 16.4. The molecular formula is C21H16O4. The second-order valence-electron chi connectivity index (χ2n) is 5.74. The summed E-state index contributed by atoms with van der Waals surface area (Å²) in [6.45, 7) is 1.43. The fourth-order valence-electron chi connectivity index (χ4n) is 2.66. The quantitative estimate of drug-likeness (QED) is 0.588. The molecule has 2 aromatic carbocycles. The van der Waals surface area contributed by atoms with Crippen LogP contribution in [-0.2, 0) is 4.79 Å². The zero-order valence-electron chi connectivity index (χ0n) is 13.7. The Kier molecular flexibility index (Phi) is 4.67. The van der Waals surface area contributed by atoms with E-state index < -0.39 is 11.5 Å². The molecule has 1 N–H and O–H groups in total. The topological polar surface area (TPSA) is 67.5 Å². The molecule has 4 nitrogen and oxygen atoms in total. The highest BCUT2D eigenvalue weighted by Crippen LogP contribution is 2.32. The van der Waals surface area contributed by atoms with E-state index in [1.807, 2.05) is 30.3 Å². The van der Waals surface area contributed by atoms with E-state index in [9.17, 15) is 14.7 Å². The van der Waals surface area contributed by atoms with Crippen LogP contribution in [0.1, 0.15) is 30.4 Å². The maximum absolute atomic E-state index is 12.4. The Morgan fingerprint density at radius 3 is 2.52 bits per heavy atom. The lowest BCUT2D eigenvalue weighted by Crippen LogP contribution is -2.14. The van der Waals surface area contributed by atoms with E-state index in [-0.39, 0.29) is 23.5 Å². The lowest BCUT2D eigenvalue weighted by Gasteiger charge is -2.11. The van der Waals surface area contributed by atoms with Crippen molar-refractivity contribution in [3.63, 3.8) is 0 Å². The van der Waals surface area contributed by atoms with Crippen LogP contribution in [0.15, 0.2) is 63.8 Å². The fraction of sp³-hybridized carbons (Fsp3) is 0.143. The van der Waals surface area contributed by atoms with Crippen molar-refractivity contribution in [2.45, 2.75) is 19.3 Å². The SMILES string of the molecule is CC(=O)CC(C#Cc1ccccc1)c1c(O)c2ccccc2oc1=O. The van der Waals surface area contributed by atoms with Gasteiger partial charge in [-0.2, -0.15) is 0 Å². The summed E-state index contributed by atoms with van der Waals surface area (Å²) in [5, 5.41) is 11.0. The fourth-order valence-corrected chi connectivity index (χ4v) is 2.66. The van der Waals surface area contributed by atoms with E-state index in [1.54, 1.807) is 24.3 Å². The molecule has 0 spiro atoms. The summed E-state index contributed by atoms with van der Waals surface area (Å²) >= 11 is 0. The zero-order chi connectivity index (χ0) is 17.8. The molecule has 0 saturated heterocycles. The highest BCUT2D eigenvalue weighted by Gasteiger charge is 2.23. The number of para-hydroxylation sites is 1. The van der Waals surface area contributed by atoms with Gasteiger partial charge in [0, 0.05) is 12.0 Å². The summed E-state index contributed by atoms with van der Waals surface area (Å²) in [5.74, 6) is 4.85.